The third kappa shape index (κ3) is 3.16. The van der Waals surface area contributed by atoms with Crippen molar-refractivity contribution in [3.05, 3.63) is 59.4 Å². The van der Waals surface area contributed by atoms with Gasteiger partial charge in [-0.3, -0.25) is 0 Å². The maximum Gasteiger partial charge on any atom is 0.123 e. The highest BCUT2D eigenvalue weighted by atomic mass is 79.9. The van der Waals surface area contributed by atoms with E-state index in [9.17, 15) is 4.39 Å². The molecule has 100 valence electrons. The van der Waals surface area contributed by atoms with Crippen molar-refractivity contribution >= 4 is 27.3 Å². The second-order valence-electron chi connectivity index (χ2n) is 4.47. The van der Waals surface area contributed by atoms with Crippen LogP contribution in [0.2, 0.25) is 0 Å². The molecule has 0 radical (unpaired) electrons. The molecule has 1 nitrogen and oxygen atoms in total. The highest BCUT2D eigenvalue weighted by Crippen LogP contribution is 2.27. The van der Waals surface area contributed by atoms with Crippen molar-refractivity contribution in [2.45, 2.75) is 19.2 Å². The van der Waals surface area contributed by atoms with Crippen LogP contribution >= 0.6 is 15.9 Å². The number of rotatable bonds is 4. The number of hydrogen-bond acceptors (Lipinski definition) is 1. The van der Waals surface area contributed by atoms with Gasteiger partial charge in [0.05, 0.1) is 0 Å². The molecule has 19 heavy (non-hydrogen) atoms. The van der Waals surface area contributed by atoms with Crippen LogP contribution in [0.5, 0.6) is 0 Å². The van der Waals surface area contributed by atoms with Crippen LogP contribution in [-0.4, -0.2) is 6.54 Å². The minimum absolute atomic E-state index is 0.203. The molecular formula is C16H17BrFN. The molecule has 3 heteroatoms. The van der Waals surface area contributed by atoms with Crippen molar-refractivity contribution in [1.82, 2.24) is 0 Å². The maximum atomic E-state index is 13.0. The molecule has 0 saturated heterocycles. The number of halogens is 2. The molecule has 0 aliphatic heterocycles. The van der Waals surface area contributed by atoms with E-state index in [1.54, 1.807) is 0 Å². The normalized spacial score (nSPS) is 10.5. The number of nitrogens with zero attached hydrogens (tertiary/aromatic N) is 1. The maximum absolute atomic E-state index is 13.0. The molecule has 0 N–H and O–H groups in total. The summed E-state index contributed by atoms with van der Waals surface area (Å²) in [6.45, 7) is 5.05. The van der Waals surface area contributed by atoms with Gasteiger partial charge in [-0.1, -0.05) is 22.0 Å². The van der Waals surface area contributed by atoms with Gasteiger partial charge in [0.15, 0.2) is 0 Å². The molecule has 0 aromatic heterocycles. The van der Waals surface area contributed by atoms with E-state index in [0.29, 0.717) is 0 Å². The Kier molecular flexibility index (Phi) is 4.59. The average Bonchev–Trinajstić information content (AvgIpc) is 2.42. The van der Waals surface area contributed by atoms with Crippen molar-refractivity contribution in [2.24, 2.45) is 0 Å². The molecule has 0 bridgehead atoms. The smallest absolute Gasteiger partial charge is 0.123 e. The van der Waals surface area contributed by atoms with Crippen LogP contribution in [0.15, 0.2) is 42.5 Å². The Bertz CT molecular complexity index is 551. The number of hydrogen-bond donors (Lipinski definition) is 0. The Morgan fingerprint density at radius 3 is 2.21 bits per heavy atom. The largest absolute Gasteiger partial charge is 0.342 e. The summed E-state index contributed by atoms with van der Waals surface area (Å²) < 4.78 is 13.0. The zero-order valence-electron chi connectivity index (χ0n) is 11.2. The molecule has 2 aromatic rings. The molecule has 0 heterocycles. The molecule has 0 unspecified atom stereocenters. The first-order valence-corrected chi connectivity index (χ1v) is 7.46. The monoisotopic (exact) mass is 321 g/mol. The van der Waals surface area contributed by atoms with E-state index >= 15 is 0 Å². The highest BCUT2D eigenvalue weighted by Gasteiger charge is 2.08. The van der Waals surface area contributed by atoms with Gasteiger partial charge < -0.3 is 4.90 Å². The fourth-order valence-electron chi connectivity index (χ4n) is 2.13. The molecule has 0 aliphatic carbocycles. The van der Waals surface area contributed by atoms with E-state index in [1.807, 2.05) is 12.1 Å². The van der Waals surface area contributed by atoms with E-state index < -0.39 is 0 Å². The van der Waals surface area contributed by atoms with E-state index in [-0.39, 0.29) is 5.82 Å². The molecule has 2 rings (SSSR count). The van der Waals surface area contributed by atoms with Gasteiger partial charge in [-0.15, -0.1) is 0 Å². The van der Waals surface area contributed by atoms with Gasteiger partial charge in [-0.05, 0) is 61.4 Å². The van der Waals surface area contributed by atoms with Crippen LogP contribution in [0, 0.1) is 12.7 Å². The van der Waals surface area contributed by atoms with Crippen LogP contribution in [-0.2, 0) is 5.33 Å². The lowest BCUT2D eigenvalue weighted by Crippen LogP contribution is -2.16. The van der Waals surface area contributed by atoms with Gasteiger partial charge in [0.25, 0.3) is 0 Å². The molecule has 0 aliphatic rings. The quantitative estimate of drug-likeness (QED) is 0.701. The van der Waals surface area contributed by atoms with E-state index in [1.165, 1.54) is 23.3 Å². The Balaban J connectivity index is 2.36. The second-order valence-corrected chi connectivity index (χ2v) is 5.03. The first kappa shape index (κ1) is 14.1. The van der Waals surface area contributed by atoms with Crippen LogP contribution in [0.25, 0.3) is 0 Å². The van der Waals surface area contributed by atoms with Crippen LogP contribution in [0.4, 0.5) is 15.8 Å². The fourth-order valence-corrected chi connectivity index (χ4v) is 2.76. The van der Waals surface area contributed by atoms with Gasteiger partial charge >= 0.3 is 0 Å². The van der Waals surface area contributed by atoms with Crippen molar-refractivity contribution < 1.29 is 4.39 Å². The van der Waals surface area contributed by atoms with E-state index in [0.717, 1.165) is 23.2 Å². The van der Waals surface area contributed by atoms with Crippen molar-refractivity contribution in [3.63, 3.8) is 0 Å². The third-order valence-corrected chi connectivity index (χ3v) is 3.84. The molecule has 0 spiro atoms. The Morgan fingerprint density at radius 2 is 1.68 bits per heavy atom. The summed E-state index contributed by atoms with van der Waals surface area (Å²) in [6, 6.07) is 13.0. The summed E-state index contributed by atoms with van der Waals surface area (Å²) in [6.07, 6.45) is 0. The zero-order chi connectivity index (χ0) is 13.8. The lowest BCUT2D eigenvalue weighted by atomic mass is 10.1. The first-order chi connectivity index (χ1) is 9.15. The molecule has 0 amide bonds. The Hall–Kier alpha value is -1.35. The lowest BCUT2D eigenvalue weighted by Gasteiger charge is -2.24. The van der Waals surface area contributed by atoms with Crippen molar-refractivity contribution in [1.29, 1.82) is 0 Å². The average molecular weight is 322 g/mol. The number of aryl methyl sites for hydroxylation is 1. The Labute approximate surface area is 122 Å². The molecule has 0 atom stereocenters. The van der Waals surface area contributed by atoms with E-state index in [4.69, 9.17) is 0 Å². The predicted molar refractivity (Wildman–Crippen MR) is 82.9 cm³/mol. The number of anilines is 2. The molecular weight excluding hydrogens is 305 g/mol. The Morgan fingerprint density at radius 1 is 1.05 bits per heavy atom. The summed E-state index contributed by atoms with van der Waals surface area (Å²) in [4.78, 5) is 2.17. The fraction of sp³-hybridized carbons (Fsp3) is 0.250. The topological polar surface area (TPSA) is 3.24 Å². The minimum Gasteiger partial charge on any atom is -0.342 e. The SMILES string of the molecule is CCN(c1ccc(F)cc1)c1ccc(CBr)c(C)c1. The predicted octanol–water partition coefficient (Wildman–Crippen LogP) is 5.19. The van der Waals surface area contributed by atoms with Gasteiger partial charge in [0.1, 0.15) is 5.82 Å². The van der Waals surface area contributed by atoms with Crippen LogP contribution < -0.4 is 4.90 Å². The summed E-state index contributed by atoms with van der Waals surface area (Å²) >= 11 is 3.48. The van der Waals surface area contributed by atoms with Gasteiger partial charge in [-0.25, -0.2) is 4.39 Å². The zero-order valence-corrected chi connectivity index (χ0v) is 12.7. The van der Waals surface area contributed by atoms with Gasteiger partial charge in [0.2, 0.25) is 0 Å². The summed E-state index contributed by atoms with van der Waals surface area (Å²) in [5.74, 6) is -0.203. The molecule has 0 saturated carbocycles. The van der Waals surface area contributed by atoms with Gasteiger partial charge in [-0.2, -0.15) is 0 Å². The summed E-state index contributed by atoms with van der Waals surface area (Å²) in [7, 11) is 0. The standard InChI is InChI=1S/C16H17BrFN/c1-3-19(15-8-5-14(18)6-9-15)16-7-4-13(11-17)12(2)10-16/h4-10H,3,11H2,1-2H3. The lowest BCUT2D eigenvalue weighted by molar-refractivity contribution is 0.628. The third-order valence-electron chi connectivity index (χ3n) is 3.24. The van der Waals surface area contributed by atoms with Crippen molar-refractivity contribution in [2.75, 3.05) is 11.4 Å². The number of benzene rings is 2. The van der Waals surface area contributed by atoms with Crippen LogP contribution in [0.3, 0.4) is 0 Å². The molecule has 2 aromatic carbocycles. The van der Waals surface area contributed by atoms with E-state index in [2.05, 4.69) is 52.9 Å². The first-order valence-electron chi connectivity index (χ1n) is 6.34. The summed E-state index contributed by atoms with van der Waals surface area (Å²) in [5, 5.41) is 0.863. The van der Waals surface area contributed by atoms with Crippen LogP contribution in [0.1, 0.15) is 18.1 Å². The number of alkyl halides is 1. The summed E-state index contributed by atoms with van der Waals surface area (Å²) in [5.41, 5.74) is 4.69. The van der Waals surface area contributed by atoms with Gasteiger partial charge in [0, 0.05) is 23.2 Å². The minimum atomic E-state index is -0.203. The van der Waals surface area contributed by atoms with Crippen molar-refractivity contribution in [3.8, 4) is 0 Å². The highest BCUT2D eigenvalue weighted by molar-refractivity contribution is 9.08. The molecule has 0 fully saturated rings. The second kappa shape index (κ2) is 6.20.